The van der Waals surface area contributed by atoms with Crippen LogP contribution in [-0.4, -0.2) is 35.2 Å². The third-order valence-electron chi connectivity index (χ3n) is 6.85. The molecule has 2 aromatic carbocycles. The Morgan fingerprint density at radius 3 is 2.34 bits per heavy atom. The van der Waals surface area contributed by atoms with E-state index in [1.807, 2.05) is 26.0 Å². The van der Waals surface area contributed by atoms with Crippen molar-refractivity contribution >= 4 is 12.0 Å². The number of phenolic OH excluding ortho intramolecular Hbond substituents is 1. The number of aliphatic hydroxyl groups is 1. The molecular weight excluding hydrogens is 362 g/mol. The summed E-state index contributed by atoms with van der Waals surface area (Å²) in [6.45, 7) is 5.64. The molecule has 4 nitrogen and oxygen atoms in total. The zero-order chi connectivity index (χ0) is 20.6. The lowest BCUT2D eigenvalue weighted by Crippen LogP contribution is -2.38. The van der Waals surface area contributed by atoms with E-state index in [-0.39, 0.29) is 17.8 Å². The number of phenols is 1. The normalized spacial score (nSPS) is 22.9. The van der Waals surface area contributed by atoms with Crippen LogP contribution in [0.1, 0.15) is 55.7 Å². The lowest BCUT2D eigenvalue weighted by atomic mass is 9.66. The van der Waals surface area contributed by atoms with E-state index in [9.17, 15) is 15.0 Å². The molecule has 2 atom stereocenters. The van der Waals surface area contributed by atoms with Gasteiger partial charge >= 0.3 is 0 Å². The average molecular weight is 394 g/mol. The van der Waals surface area contributed by atoms with Crippen molar-refractivity contribution < 1.29 is 15.0 Å². The number of fused-ring (bicyclic) bond motifs is 1. The molecule has 1 aliphatic carbocycles. The molecule has 1 saturated heterocycles. The third kappa shape index (κ3) is 4.04. The maximum absolute atomic E-state index is 11.0. The highest BCUT2D eigenvalue weighted by atomic mass is 16.3. The standard InChI is InChI=1S/C25H31NO3/c1-25(2,29)23-10-5-19-15-21(28)8-9-22(19)24(23)18-3-6-20(7-4-18)26-13-11-17(16-27)12-14-26/h3-4,6-9,15-17,23-24,28-29H,5,10-14H2,1-2H3/t23-,24+/m0/s1. The average Bonchev–Trinajstić information content (AvgIpc) is 2.72. The number of aryl methyl sites for hydroxylation is 1. The Balaban J connectivity index is 1.64. The molecule has 0 amide bonds. The number of nitrogens with zero attached hydrogens (tertiary/aromatic N) is 1. The van der Waals surface area contributed by atoms with Gasteiger partial charge in [-0.1, -0.05) is 18.2 Å². The maximum atomic E-state index is 11.0. The number of aldehydes is 1. The fourth-order valence-corrected chi connectivity index (χ4v) is 5.17. The highest BCUT2D eigenvalue weighted by Crippen LogP contribution is 2.46. The summed E-state index contributed by atoms with van der Waals surface area (Å²) in [7, 11) is 0. The highest BCUT2D eigenvalue weighted by Gasteiger charge is 2.39. The summed E-state index contributed by atoms with van der Waals surface area (Å²) < 4.78 is 0. The minimum atomic E-state index is -0.782. The van der Waals surface area contributed by atoms with E-state index >= 15 is 0 Å². The van der Waals surface area contributed by atoms with Crippen molar-refractivity contribution in [2.24, 2.45) is 11.8 Å². The van der Waals surface area contributed by atoms with Crippen molar-refractivity contribution in [2.45, 2.75) is 51.0 Å². The van der Waals surface area contributed by atoms with Crippen molar-refractivity contribution in [2.75, 3.05) is 18.0 Å². The van der Waals surface area contributed by atoms with E-state index in [0.717, 1.165) is 45.1 Å². The van der Waals surface area contributed by atoms with Gasteiger partial charge in [0.1, 0.15) is 12.0 Å². The summed E-state index contributed by atoms with van der Waals surface area (Å²) in [5.74, 6) is 0.731. The van der Waals surface area contributed by atoms with E-state index in [2.05, 4.69) is 29.2 Å². The van der Waals surface area contributed by atoms with Gasteiger partial charge in [0, 0.05) is 30.6 Å². The van der Waals surface area contributed by atoms with Gasteiger partial charge in [0.05, 0.1) is 5.60 Å². The Hall–Kier alpha value is -2.33. The molecular formula is C25H31NO3. The van der Waals surface area contributed by atoms with Crippen LogP contribution in [0.4, 0.5) is 5.69 Å². The molecule has 0 spiro atoms. The predicted octanol–water partition coefficient (Wildman–Crippen LogP) is 4.27. The number of anilines is 1. The zero-order valence-corrected chi connectivity index (χ0v) is 17.3. The summed E-state index contributed by atoms with van der Waals surface area (Å²) in [5.41, 5.74) is 4.00. The number of rotatable bonds is 4. The van der Waals surface area contributed by atoms with Crippen molar-refractivity contribution in [3.05, 3.63) is 59.2 Å². The second kappa shape index (κ2) is 7.83. The minimum Gasteiger partial charge on any atom is -0.508 e. The molecule has 4 heteroatoms. The summed E-state index contributed by atoms with van der Waals surface area (Å²) in [6.07, 6.45) is 4.71. The predicted molar refractivity (Wildman–Crippen MR) is 116 cm³/mol. The molecule has 0 radical (unpaired) electrons. The van der Waals surface area contributed by atoms with Crippen LogP contribution in [0.5, 0.6) is 5.75 Å². The molecule has 0 bridgehead atoms. The van der Waals surface area contributed by atoms with Gasteiger partial charge in [-0.05, 0) is 86.4 Å². The fourth-order valence-electron chi connectivity index (χ4n) is 5.17. The minimum absolute atomic E-state index is 0.106. The smallest absolute Gasteiger partial charge is 0.123 e. The molecule has 2 N–H and O–H groups in total. The maximum Gasteiger partial charge on any atom is 0.123 e. The summed E-state index contributed by atoms with van der Waals surface area (Å²) >= 11 is 0. The fraction of sp³-hybridized carbons (Fsp3) is 0.480. The zero-order valence-electron chi connectivity index (χ0n) is 17.3. The molecule has 0 saturated carbocycles. The van der Waals surface area contributed by atoms with Crippen LogP contribution >= 0.6 is 0 Å². The Morgan fingerprint density at radius 1 is 1.03 bits per heavy atom. The number of hydrogen-bond donors (Lipinski definition) is 2. The van der Waals surface area contributed by atoms with Crippen LogP contribution in [0.15, 0.2) is 42.5 Å². The molecule has 154 valence electrons. The molecule has 2 aliphatic rings. The number of benzene rings is 2. The van der Waals surface area contributed by atoms with Crippen molar-refractivity contribution in [1.82, 2.24) is 0 Å². The Bertz CT molecular complexity index is 861. The van der Waals surface area contributed by atoms with Gasteiger partial charge in [-0.25, -0.2) is 0 Å². The Kier molecular flexibility index (Phi) is 5.39. The lowest BCUT2D eigenvalue weighted by molar-refractivity contribution is -0.111. The summed E-state index contributed by atoms with van der Waals surface area (Å²) in [6, 6.07) is 14.4. The molecule has 1 fully saturated rings. The molecule has 1 aliphatic heterocycles. The number of hydrogen-bond acceptors (Lipinski definition) is 4. The second-order valence-electron chi connectivity index (χ2n) is 9.21. The number of aromatic hydroxyl groups is 1. The molecule has 0 unspecified atom stereocenters. The third-order valence-corrected chi connectivity index (χ3v) is 6.85. The van der Waals surface area contributed by atoms with Gasteiger partial charge in [-0.15, -0.1) is 0 Å². The highest BCUT2D eigenvalue weighted by molar-refractivity contribution is 5.56. The Morgan fingerprint density at radius 2 is 1.72 bits per heavy atom. The topological polar surface area (TPSA) is 60.8 Å². The van der Waals surface area contributed by atoms with Crippen LogP contribution in [-0.2, 0) is 11.2 Å². The first-order valence-corrected chi connectivity index (χ1v) is 10.7. The van der Waals surface area contributed by atoms with Gasteiger partial charge in [0.25, 0.3) is 0 Å². The first kappa shape index (κ1) is 20.0. The van der Waals surface area contributed by atoms with Gasteiger partial charge in [-0.2, -0.15) is 0 Å². The summed E-state index contributed by atoms with van der Waals surface area (Å²) in [5, 5.41) is 20.8. The molecule has 4 rings (SSSR count). The number of carbonyl (C=O) groups excluding carboxylic acids is 1. The molecule has 0 aromatic heterocycles. The number of carbonyl (C=O) groups is 1. The van der Waals surface area contributed by atoms with Crippen LogP contribution < -0.4 is 4.90 Å². The van der Waals surface area contributed by atoms with Crippen LogP contribution in [0.2, 0.25) is 0 Å². The van der Waals surface area contributed by atoms with Gasteiger partial charge < -0.3 is 19.9 Å². The van der Waals surface area contributed by atoms with E-state index in [0.29, 0.717) is 5.75 Å². The number of piperidine rings is 1. The van der Waals surface area contributed by atoms with Gasteiger partial charge in [-0.3, -0.25) is 0 Å². The van der Waals surface area contributed by atoms with Gasteiger partial charge in [0.15, 0.2) is 0 Å². The van der Waals surface area contributed by atoms with Crippen molar-refractivity contribution in [3.8, 4) is 5.75 Å². The van der Waals surface area contributed by atoms with E-state index in [1.54, 1.807) is 6.07 Å². The monoisotopic (exact) mass is 393 g/mol. The van der Waals surface area contributed by atoms with E-state index in [4.69, 9.17) is 0 Å². The quantitative estimate of drug-likeness (QED) is 0.762. The lowest BCUT2D eigenvalue weighted by Gasteiger charge is -2.41. The first-order chi connectivity index (χ1) is 13.9. The first-order valence-electron chi connectivity index (χ1n) is 10.7. The van der Waals surface area contributed by atoms with E-state index < -0.39 is 5.60 Å². The van der Waals surface area contributed by atoms with Crippen LogP contribution in [0, 0.1) is 11.8 Å². The van der Waals surface area contributed by atoms with E-state index in [1.165, 1.54) is 22.4 Å². The van der Waals surface area contributed by atoms with Crippen LogP contribution in [0.3, 0.4) is 0 Å². The molecule has 2 aromatic rings. The molecule has 29 heavy (non-hydrogen) atoms. The molecule has 1 heterocycles. The SMILES string of the molecule is CC(C)(O)[C@H]1CCc2cc(O)ccc2[C@H]1c1ccc(N2CCC(C=O)CC2)cc1. The Labute approximate surface area is 173 Å². The van der Waals surface area contributed by atoms with Gasteiger partial charge in [0.2, 0.25) is 0 Å². The summed E-state index contributed by atoms with van der Waals surface area (Å²) in [4.78, 5) is 13.4. The van der Waals surface area contributed by atoms with Crippen LogP contribution in [0.25, 0.3) is 0 Å². The van der Waals surface area contributed by atoms with Crippen molar-refractivity contribution in [1.29, 1.82) is 0 Å². The van der Waals surface area contributed by atoms with Crippen molar-refractivity contribution in [3.63, 3.8) is 0 Å². The second-order valence-corrected chi connectivity index (χ2v) is 9.21. The largest absolute Gasteiger partial charge is 0.508 e.